The van der Waals surface area contributed by atoms with E-state index in [1.54, 1.807) is 0 Å². The van der Waals surface area contributed by atoms with Crippen molar-refractivity contribution in [3.05, 3.63) is 42.2 Å². The van der Waals surface area contributed by atoms with Crippen molar-refractivity contribution in [1.82, 2.24) is 0 Å². The molecule has 0 aromatic heterocycles. The summed E-state index contributed by atoms with van der Waals surface area (Å²) in [6.45, 7) is 0. The van der Waals surface area contributed by atoms with E-state index in [9.17, 15) is 0 Å². The van der Waals surface area contributed by atoms with Gasteiger partial charge < -0.3 is 0 Å². The Bertz CT molecular complexity index is 170. The minimum atomic E-state index is 1.02. The predicted molar refractivity (Wildman–Crippen MR) is 44.8 cm³/mol. The summed E-state index contributed by atoms with van der Waals surface area (Å²) in [6, 6.07) is 0. The molecule has 0 heteroatoms. The Morgan fingerprint density at radius 1 is 0.700 bits per heavy atom. The Hall–Kier alpha value is -1.00. The third-order valence-electron chi connectivity index (χ3n) is 1.35. The van der Waals surface area contributed by atoms with Gasteiger partial charge >= 0.3 is 0 Å². The van der Waals surface area contributed by atoms with Gasteiger partial charge in [-0.2, -0.15) is 0 Å². The van der Waals surface area contributed by atoms with Crippen LogP contribution >= 0.6 is 0 Å². The Balaban J connectivity index is 2.53. The fourth-order valence-electron chi connectivity index (χ4n) is 0.819. The topological polar surface area (TPSA) is 0 Å². The van der Waals surface area contributed by atoms with Crippen molar-refractivity contribution in [3.63, 3.8) is 0 Å². The minimum Gasteiger partial charge on any atom is -0.129 e. The third-order valence-corrected chi connectivity index (χ3v) is 1.35. The van der Waals surface area contributed by atoms with Crippen LogP contribution in [0.3, 0.4) is 0 Å². The van der Waals surface area contributed by atoms with Crippen LogP contribution in [0.5, 0.6) is 0 Å². The number of hydrogen-bond donors (Lipinski definition) is 0. The van der Waals surface area contributed by atoms with E-state index in [-0.39, 0.29) is 0 Å². The van der Waals surface area contributed by atoms with E-state index in [1.165, 1.54) is 0 Å². The normalized spacial score (nSPS) is 24.0. The first kappa shape index (κ1) is 7.11. The van der Waals surface area contributed by atoms with E-state index in [0.717, 1.165) is 19.3 Å². The lowest BCUT2D eigenvalue weighted by Gasteiger charge is -1.84. The van der Waals surface area contributed by atoms with Crippen molar-refractivity contribution in [2.24, 2.45) is 0 Å². The molecule has 0 bridgehead atoms. The van der Waals surface area contributed by atoms with Crippen molar-refractivity contribution < 1.29 is 0 Å². The highest BCUT2D eigenvalue weighted by Crippen LogP contribution is 1.94. The molecule has 0 fully saturated rings. The molecule has 0 unspecified atom stereocenters. The van der Waals surface area contributed by atoms with E-state index >= 15 is 0 Å². The summed E-state index contributed by atoms with van der Waals surface area (Å²) in [5, 5.41) is 0. The largest absolute Gasteiger partial charge is 0.129 e. The lowest BCUT2D eigenvalue weighted by Crippen LogP contribution is -1.63. The van der Waals surface area contributed by atoms with Crippen molar-refractivity contribution in [2.45, 2.75) is 19.3 Å². The van der Waals surface area contributed by atoms with Gasteiger partial charge in [0.15, 0.2) is 0 Å². The second kappa shape index (κ2) is 4.84. The molecule has 0 nitrogen and oxygen atoms in total. The molecule has 0 N–H and O–H groups in total. The molecule has 0 saturated heterocycles. The predicted octanol–water partition coefficient (Wildman–Crippen LogP) is 2.99. The van der Waals surface area contributed by atoms with Gasteiger partial charge in [-0.05, 0) is 31.4 Å². The SMILES string of the molecule is C1=CC/C=C\C/C=C\CC=1. The van der Waals surface area contributed by atoms with Crippen molar-refractivity contribution in [2.75, 3.05) is 0 Å². The molecular formula is C10H12. The molecule has 0 aliphatic heterocycles. The van der Waals surface area contributed by atoms with Crippen LogP contribution in [-0.2, 0) is 0 Å². The van der Waals surface area contributed by atoms with Gasteiger partial charge in [0.05, 0.1) is 0 Å². The maximum Gasteiger partial charge on any atom is -0.00929 e. The van der Waals surface area contributed by atoms with Gasteiger partial charge in [0.25, 0.3) is 0 Å². The molecule has 0 heterocycles. The highest BCUT2D eigenvalue weighted by Gasteiger charge is 1.74. The Labute approximate surface area is 62.3 Å². The van der Waals surface area contributed by atoms with Crippen LogP contribution in [0.1, 0.15) is 19.3 Å². The summed E-state index contributed by atoms with van der Waals surface area (Å²) in [5.74, 6) is 0. The van der Waals surface area contributed by atoms with Crippen LogP contribution in [-0.4, -0.2) is 0 Å². The van der Waals surface area contributed by atoms with Crippen LogP contribution in [0.25, 0.3) is 0 Å². The molecule has 1 rings (SSSR count). The van der Waals surface area contributed by atoms with Gasteiger partial charge in [0.1, 0.15) is 0 Å². The molecule has 0 aromatic carbocycles. The van der Waals surface area contributed by atoms with E-state index in [0.29, 0.717) is 0 Å². The molecule has 1 aliphatic carbocycles. The molecule has 0 atom stereocenters. The molecule has 10 heavy (non-hydrogen) atoms. The molecule has 0 spiro atoms. The van der Waals surface area contributed by atoms with Crippen LogP contribution in [0.4, 0.5) is 0 Å². The van der Waals surface area contributed by atoms with Gasteiger partial charge in [0, 0.05) is 0 Å². The zero-order chi connectivity index (χ0) is 7.07. The van der Waals surface area contributed by atoms with Crippen molar-refractivity contribution >= 4 is 0 Å². The minimum absolute atomic E-state index is 1.02. The zero-order valence-corrected chi connectivity index (χ0v) is 6.09. The summed E-state index contributed by atoms with van der Waals surface area (Å²) < 4.78 is 0. The van der Waals surface area contributed by atoms with E-state index in [1.807, 2.05) is 0 Å². The lowest BCUT2D eigenvalue weighted by atomic mass is 10.2. The first-order valence-corrected chi connectivity index (χ1v) is 3.69. The fraction of sp³-hybridized carbons (Fsp3) is 0.300. The van der Waals surface area contributed by atoms with E-state index in [4.69, 9.17) is 0 Å². The average Bonchev–Trinajstić information content (AvgIpc) is 2.01. The quantitative estimate of drug-likeness (QED) is 0.351. The summed E-state index contributed by atoms with van der Waals surface area (Å²) >= 11 is 0. The third kappa shape index (κ3) is 3.11. The smallest absolute Gasteiger partial charge is 0.00929 e. The van der Waals surface area contributed by atoms with Crippen LogP contribution in [0, 0.1) is 0 Å². The summed E-state index contributed by atoms with van der Waals surface area (Å²) in [5.41, 5.74) is 3.10. The maximum atomic E-state index is 3.10. The Morgan fingerprint density at radius 2 is 1.20 bits per heavy atom. The van der Waals surface area contributed by atoms with Crippen LogP contribution in [0.2, 0.25) is 0 Å². The van der Waals surface area contributed by atoms with E-state index in [2.05, 4.69) is 42.2 Å². The fourth-order valence-corrected chi connectivity index (χ4v) is 0.819. The van der Waals surface area contributed by atoms with Gasteiger partial charge in [-0.1, -0.05) is 24.3 Å². The summed E-state index contributed by atoms with van der Waals surface area (Å²) in [6.07, 6.45) is 15.9. The molecule has 52 valence electrons. The second-order valence-electron chi connectivity index (χ2n) is 2.22. The summed E-state index contributed by atoms with van der Waals surface area (Å²) in [4.78, 5) is 0. The summed E-state index contributed by atoms with van der Waals surface area (Å²) in [7, 11) is 0. The molecule has 0 radical (unpaired) electrons. The molecule has 0 amide bonds. The number of rotatable bonds is 0. The van der Waals surface area contributed by atoms with Gasteiger partial charge in [-0.3, -0.25) is 0 Å². The molecular weight excluding hydrogens is 120 g/mol. The van der Waals surface area contributed by atoms with Gasteiger partial charge in [-0.25, -0.2) is 0 Å². The first-order chi connectivity index (χ1) is 5.00. The lowest BCUT2D eigenvalue weighted by molar-refractivity contribution is 1.26. The average molecular weight is 132 g/mol. The van der Waals surface area contributed by atoms with Crippen LogP contribution in [0.15, 0.2) is 42.2 Å². The van der Waals surface area contributed by atoms with Crippen molar-refractivity contribution in [3.8, 4) is 0 Å². The molecule has 0 saturated carbocycles. The molecule has 0 aromatic rings. The van der Waals surface area contributed by atoms with E-state index < -0.39 is 0 Å². The maximum absolute atomic E-state index is 3.10. The number of hydrogen-bond acceptors (Lipinski definition) is 0. The van der Waals surface area contributed by atoms with Crippen molar-refractivity contribution in [1.29, 1.82) is 0 Å². The molecule has 1 aliphatic rings. The van der Waals surface area contributed by atoms with Gasteiger partial charge in [-0.15, -0.1) is 5.73 Å². The Morgan fingerprint density at radius 3 is 1.80 bits per heavy atom. The standard InChI is InChI=1S/C10H12/c1-2-4-6-8-10-9-7-5-3-1/h1-2,5-7,10H,3-4,9H2/b2-1-,7-5-. The monoisotopic (exact) mass is 132 g/mol. The second-order valence-corrected chi connectivity index (χ2v) is 2.22. The highest BCUT2D eigenvalue weighted by molar-refractivity contribution is 5.01. The van der Waals surface area contributed by atoms with Gasteiger partial charge in [0.2, 0.25) is 0 Å². The highest BCUT2D eigenvalue weighted by atomic mass is 13.8. The first-order valence-electron chi connectivity index (χ1n) is 3.69. The zero-order valence-electron chi connectivity index (χ0n) is 6.09. The van der Waals surface area contributed by atoms with Crippen LogP contribution < -0.4 is 0 Å². The number of allylic oxidation sites excluding steroid dienone is 5. The Kier molecular flexibility index (Phi) is 3.44.